The summed E-state index contributed by atoms with van der Waals surface area (Å²) in [4.78, 5) is 11.9. The van der Waals surface area contributed by atoms with Crippen LogP contribution in [0.3, 0.4) is 0 Å². The minimum Gasteiger partial charge on any atom is -0.508 e. The molecule has 2 atom stereocenters. The van der Waals surface area contributed by atoms with Crippen LogP contribution in [-0.4, -0.2) is 23.6 Å². The summed E-state index contributed by atoms with van der Waals surface area (Å²) in [5.41, 5.74) is 5.79. The summed E-state index contributed by atoms with van der Waals surface area (Å²) in [5, 5.41) is 12.4. The molecule has 4 nitrogen and oxygen atoms in total. The normalized spacial score (nSPS) is 14.1. The molecule has 2 unspecified atom stereocenters. The van der Waals surface area contributed by atoms with E-state index in [0.717, 1.165) is 0 Å². The van der Waals surface area contributed by atoms with E-state index in [0.29, 0.717) is 11.6 Å². The van der Waals surface area contributed by atoms with E-state index >= 15 is 0 Å². The molecular weight excluding hydrogens is 240 g/mol. The lowest BCUT2D eigenvalue weighted by Crippen LogP contribution is -2.39. The van der Waals surface area contributed by atoms with Crippen molar-refractivity contribution in [2.75, 3.05) is 6.54 Å². The van der Waals surface area contributed by atoms with Crippen molar-refractivity contribution in [3.63, 3.8) is 0 Å². The molecule has 94 valence electrons. The minimum absolute atomic E-state index is 0.0130. The van der Waals surface area contributed by atoms with E-state index in [9.17, 15) is 9.90 Å². The van der Waals surface area contributed by atoms with Crippen molar-refractivity contribution in [1.82, 2.24) is 5.32 Å². The smallest absolute Gasteiger partial charge is 0.253 e. The second-order valence-corrected chi connectivity index (χ2v) is 4.55. The summed E-state index contributed by atoms with van der Waals surface area (Å²) in [6.07, 6.45) is 0. The van der Waals surface area contributed by atoms with Crippen LogP contribution in [0.5, 0.6) is 5.75 Å². The maximum atomic E-state index is 11.9. The highest BCUT2D eigenvalue weighted by Crippen LogP contribution is 2.21. The lowest BCUT2D eigenvalue weighted by Gasteiger charge is -2.20. The molecule has 1 aromatic rings. The zero-order valence-corrected chi connectivity index (χ0v) is 10.7. The molecule has 0 fully saturated rings. The predicted octanol–water partition coefficient (Wildman–Crippen LogP) is 1.76. The maximum absolute atomic E-state index is 11.9. The lowest BCUT2D eigenvalue weighted by atomic mass is 10.0. The molecular formula is C12H17ClN2O2. The number of aromatic hydroxyl groups is 1. The predicted molar refractivity (Wildman–Crippen MR) is 68.3 cm³/mol. The fourth-order valence-electron chi connectivity index (χ4n) is 1.32. The molecule has 0 saturated heterocycles. The van der Waals surface area contributed by atoms with Gasteiger partial charge in [-0.15, -0.1) is 0 Å². The Hall–Kier alpha value is -1.26. The molecule has 1 aromatic carbocycles. The van der Waals surface area contributed by atoms with E-state index in [1.807, 2.05) is 13.8 Å². The summed E-state index contributed by atoms with van der Waals surface area (Å²) in [5.74, 6) is -0.118. The van der Waals surface area contributed by atoms with Gasteiger partial charge in [-0.1, -0.05) is 18.5 Å². The van der Waals surface area contributed by atoms with Crippen molar-refractivity contribution in [2.45, 2.75) is 19.9 Å². The standard InChI is InChI=1S/C12H17ClN2O2/c1-7(6-14)8(2)15-12(17)10-5-9(16)3-4-11(10)13/h3-5,7-8,16H,6,14H2,1-2H3,(H,15,17). The van der Waals surface area contributed by atoms with Crippen LogP contribution in [0.4, 0.5) is 0 Å². The van der Waals surface area contributed by atoms with Crippen molar-refractivity contribution in [3.8, 4) is 5.75 Å². The maximum Gasteiger partial charge on any atom is 0.253 e. The number of phenolic OH excluding ortho intramolecular Hbond substituents is 1. The number of carbonyl (C=O) groups is 1. The monoisotopic (exact) mass is 256 g/mol. The molecule has 0 aromatic heterocycles. The van der Waals surface area contributed by atoms with Crippen molar-refractivity contribution in [2.24, 2.45) is 11.7 Å². The third-order valence-electron chi connectivity index (χ3n) is 2.78. The van der Waals surface area contributed by atoms with E-state index in [1.54, 1.807) is 0 Å². The molecule has 0 aliphatic carbocycles. The van der Waals surface area contributed by atoms with Crippen LogP contribution in [0.25, 0.3) is 0 Å². The summed E-state index contributed by atoms with van der Waals surface area (Å²) >= 11 is 5.89. The molecule has 0 bridgehead atoms. The first-order chi connectivity index (χ1) is 7.95. The van der Waals surface area contributed by atoms with Crippen LogP contribution in [0.15, 0.2) is 18.2 Å². The van der Waals surface area contributed by atoms with Gasteiger partial charge in [0.15, 0.2) is 0 Å². The van der Waals surface area contributed by atoms with E-state index in [2.05, 4.69) is 5.32 Å². The first-order valence-electron chi connectivity index (χ1n) is 5.45. The van der Waals surface area contributed by atoms with E-state index in [-0.39, 0.29) is 29.2 Å². The van der Waals surface area contributed by atoms with E-state index < -0.39 is 0 Å². The summed E-state index contributed by atoms with van der Waals surface area (Å²) in [6, 6.07) is 4.22. The number of phenols is 1. The number of rotatable bonds is 4. The van der Waals surface area contributed by atoms with E-state index in [1.165, 1.54) is 18.2 Å². The average Bonchev–Trinajstić information content (AvgIpc) is 2.30. The van der Waals surface area contributed by atoms with Gasteiger partial charge in [0, 0.05) is 6.04 Å². The molecule has 0 aliphatic heterocycles. The third kappa shape index (κ3) is 3.61. The van der Waals surface area contributed by atoms with Gasteiger partial charge in [0.2, 0.25) is 0 Å². The van der Waals surface area contributed by atoms with Crippen LogP contribution < -0.4 is 11.1 Å². The largest absolute Gasteiger partial charge is 0.508 e. The van der Waals surface area contributed by atoms with Gasteiger partial charge >= 0.3 is 0 Å². The SMILES string of the molecule is CC(CN)C(C)NC(=O)c1cc(O)ccc1Cl. The Morgan fingerprint density at radius 3 is 2.76 bits per heavy atom. The molecule has 0 aliphatic rings. The molecule has 4 N–H and O–H groups in total. The third-order valence-corrected chi connectivity index (χ3v) is 3.11. The fourth-order valence-corrected chi connectivity index (χ4v) is 1.52. The Morgan fingerprint density at radius 2 is 2.18 bits per heavy atom. The van der Waals surface area contributed by atoms with Gasteiger partial charge in [-0.05, 0) is 37.6 Å². The molecule has 0 spiro atoms. The Balaban J connectivity index is 2.79. The van der Waals surface area contributed by atoms with Gasteiger partial charge in [-0.25, -0.2) is 0 Å². The molecule has 0 heterocycles. The van der Waals surface area contributed by atoms with Crippen molar-refractivity contribution in [3.05, 3.63) is 28.8 Å². The fraction of sp³-hybridized carbons (Fsp3) is 0.417. The highest BCUT2D eigenvalue weighted by Gasteiger charge is 2.16. The zero-order chi connectivity index (χ0) is 13.0. The number of nitrogens with two attached hydrogens (primary N) is 1. The summed E-state index contributed by atoms with van der Waals surface area (Å²) in [6.45, 7) is 4.33. The van der Waals surface area contributed by atoms with Gasteiger partial charge in [-0.3, -0.25) is 4.79 Å². The van der Waals surface area contributed by atoms with Crippen LogP contribution in [0.1, 0.15) is 24.2 Å². The Bertz CT molecular complexity index is 409. The molecule has 0 saturated carbocycles. The lowest BCUT2D eigenvalue weighted by molar-refractivity contribution is 0.0929. The van der Waals surface area contributed by atoms with Gasteiger partial charge in [0.1, 0.15) is 5.75 Å². The zero-order valence-electron chi connectivity index (χ0n) is 9.90. The Labute approximate surface area is 106 Å². The van der Waals surface area contributed by atoms with Gasteiger partial charge in [0.25, 0.3) is 5.91 Å². The number of hydrogen-bond acceptors (Lipinski definition) is 3. The number of hydrogen-bond donors (Lipinski definition) is 3. The number of benzene rings is 1. The van der Waals surface area contributed by atoms with Crippen molar-refractivity contribution >= 4 is 17.5 Å². The molecule has 1 amide bonds. The molecule has 5 heteroatoms. The van der Waals surface area contributed by atoms with Crippen LogP contribution in [0.2, 0.25) is 5.02 Å². The Morgan fingerprint density at radius 1 is 1.53 bits per heavy atom. The van der Waals surface area contributed by atoms with Gasteiger partial charge < -0.3 is 16.2 Å². The molecule has 17 heavy (non-hydrogen) atoms. The van der Waals surface area contributed by atoms with Crippen LogP contribution >= 0.6 is 11.6 Å². The highest BCUT2D eigenvalue weighted by molar-refractivity contribution is 6.33. The first kappa shape index (κ1) is 13.8. The Kier molecular flexibility index (Phi) is 4.78. The average molecular weight is 257 g/mol. The minimum atomic E-state index is -0.307. The second kappa shape index (κ2) is 5.89. The van der Waals surface area contributed by atoms with Crippen molar-refractivity contribution in [1.29, 1.82) is 0 Å². The van der Waals surface area contributed by atoms with Gasteiger partial charge in [-0.2, -0.15) is 0 Å². The topological polar surface area (TPSA) is 75.3 Å². The molecule has 0 radical (unpaired) electrons. The van der Waals surface area contributed by atoms with Crippen LogP contribution in [0, 0.1) is 5.92 Å². The number of carbonyl (C=O) groups excluding carboxylic acids is 1. The van der Waals surface area contributed by atoms with Gasteiger partial charge in [0.05, 0.1) is 10.6 Å². The summed E-state index contributed by atoms with van der Waals surface area (Å²) in [7, 11) is 0. The van der Waals surface area contributed by atoms with Crippen molar-refractivity contribution < 1.29 is 9.90 Å². The number of halogens is 1. The number of nitrogens with one attached hydrogen (secondary N) is 1. The highest BCUT2D eigenvalue weighted by atomic mass is 35.5. The second-order valence-electron chi connectivity index (χ2n) is 4.14. The first-order valence-corrected chi connectivity index (χ1v) is 5.83. The molecule has 1 rings (SSSR count). The summed E-state index contributed by atoms with van der Waals surface area (Å²) < 4.78 is 0. The number of amides is 1. The quantitative estimate of drug-likeness (QED) is 0.768. The van der Waals surface area contributed by atoms with E-state index in [4.69, 9.17) is 17.3 Å². The van der Waals surface area contributed by atoms with Crippen LogP contribution in [-0.2, 0) is 0 Å².